The van der Waals surface area contributed by atoms with Crippen molar-refractivity contribution < 1.29 is 18.4 Å². The summed E-state index contributed by atoms with van der Waals surface area (Å²) < 4.78 is 26.5. The first-order chi connectivity index (χ1) is 7.02. The van der Waals surface area contributed by atoms with Gasteiger partial charge in [-0.3, -0.25) is 9.59 Å². The fourth-order valence-corrected chi connectivity index (χ4v) is 2.23. The second-order valence-corrected chi connectivity index (χ2v) is 4.10. The van der Waals surface area contributed by atoms with Crippen LogP contribution in [0.4, 0.5) is 8.78 Å². The number of fused-ring (bicyclic) bond motifs is 1. The van der Waals surface area contributed by atoms with Gasteiger partial charge in [-0.2, -0.15) is 0 Å². The number of hydrogen-bond donors (Lipinski definition) is 0. The maximum Gasteiger partial charge on any atom is 0.170 e. The lowest BCUT2D eigenvalue weighted by Gasteiger charge is -2.15. The molecule has 0 aliphatic heterocycles. The second-order valence-electron chi connectivity index (χ2n) is 3.25. The first-order valence-corrected chi connectivity index (χ1v) is 5.05. The van der Waals surface area contributed by atoms with E-state index in [-0.39, 0.29) is 28.7 Å². The summed E-state index contributed by atoms with van der Waals surface area (Å²) in [7, 11) is 0. The zero-order chi connectivity index (χ0) is 11.2. The molecule has 0 N–H and O–H groups in total. The monoisotopic (exact) mass is 274 g/mol. The Labute approximate surface area is 92.4 Å². The summed E-state index contributed by atoms with van der Waals surface area (Å²) in [4.78, 5) is 22.8. The van der Waals surface area contributed by atoms with Gasteiger partial charge in [0.05, 0.1) is 5.56 Å². The van der Waals surface area contributed by atoms with Crippen molar-refractivity contribution in [3.05, 3.63) is 33.3 Å². The predicted octanol–water partition coefficient (Wildman–Crippen LogP) is 2.89. The lowest BCUT2D eigenvalue weighted by Crippen LogP contribution is -2.20. The number of Topliss-reactive ketones (excluding diaryl/α,β-unsaturated/α-hetero) is 2. The van der Waals surface area contributed by atoms with E-state index in [1.54, 1.807) is 0 Å². The van der Waals surface area contributed by atoms with Gasteiger partial charge in [-0.25, -0.2) is 8.78 Å². The summed E-state index contributed by atoms with van der Waals surface area (Å²) in [5.74, 6) is -3.22. The van der Waals surface area contributed by atoms with Gasteiger partial charge in [0.15, 0.2) is 23.2 Å². The van der Waals surface area contributed by atoms with Crippen molar-refractivity contribution in [2.75, 3.05) is 0 Å². The van der Waals surface area contributed by atoms with Crippen molar-refractivity contribution in [3.8, 4) is 0 Å². The summed E-state index contributed by atoms with van der Waals surface area (Å²) in [5, 5.41) is 0. The van der Waals surface area contributed by atoms with Crippen LogP contribution in [-0.4, -0.2) is 11.6 Å². The standard InChI is InChI=1S/C10H5BrF2O2/c11-4-3-5(12)10(13)9-7(15)2-1-6(14)8(4)9/h3H,1-2H2. The van der Waals surface area contributed by atoms with Gasteiger partial charge in [0.1, 0.15) is 0 Å². The topological polar surface area (TPSA) is 34.1 Å². The molecule has 0 saturated carbocycles. The highest BCUT2D eigenvalue weighted by molar-refractivity contribution is 9.10. The number of halogens is 3. The van der Waals surface area contributed by atoms with Crippen LogP contribution in [0, 0.1) is 11.6 Å². The summed E-state index contributed by atoms with van der Waals surface area (Å²) in [5.41, 5.74) is -0.455. The molecular formula is C10H5BrF2O2. The van der Waals surface area contributed by atoms with E-state index in [2.05, 4.69) is 15.9 Å². The maximum atomic E-state index is 13.3. The van der Waals surface area contributed by atoms with E-state index >= 15 is 0 Å². The van der Waals surface area contributed by atoms with Crippen LogP contribution in [0.25, 0.3) is 0 Å². The van der Waals surface area contributed by atoms with Crippen LogP contribution in [0.1, 0.15) is 33.6 Å². The number of carbonyl (C=O) groups is 2. The van der Waals surface area contributed by atoms with Gasteiger partial charge in [-0.15, -0.1) is 0 Å². The van der Waals surface area contributed by atoms with E-state index < -0.39 is 23.0 Å². The molecule has 1 aliphatic rings. The van der Waals surface area contributed by atoms with Gasteiger partial charge >= 0.3 is 0 Å². The molecule has 0 spiro atoms. The molecule has 0 radical (unpaired) electrons. The first-order valence-electron chi connectivity index (χ1n) is 4.26. The zero-order valence-electron chi connectivity index (χ0n) is 7.44. The Balaban J connectivity index is 2.82. The molecule has 0 heterocycles. The fourth-order valence-electron chi connectivity index (χ4n) is 1.61. The van der Waals surface area contributed by atoms with Crippen molar-refractivity contribution in [1.29, 1.82) is 0 Å². The fraction of sp³-hybridized carbons (Fsp3) is 0.200. The highest BCUT2D eigenvalue weighted by Gasteiger charge is 2.30. The lowest BCUT2D eigenvalue weighted by molar-refractivity contribution is 0.0885. The van der Waals surface area contributed by atoms with Gasteiger partial charge in [0, 0.05) is 22.9 Å². The van der Waals surface area contributed by atoms with E-state index in [9.17, 15) is 18.4 Å². The molecule has 0 aromatic heterocycles. The molecule has 0 amide bonds. The minimum absolute atomic E-state index is 0.0369. The van der Waals surface area contributed by atoms with Gasteiger partial charge in [0.2, 0.25) is 0 Å². The van der Waals surface area contributed by atoms with Crippen LogP contribution in [0.2, 0.25) is 0 Å². The van der Waals surface area contributed by atoms with Crippen LogP contribution in [-0.2, 0) is 0 Å². The van der Waals surface area contributed by atoms with Gasteiger partial charge in [-0.05, 0) is 22.0 Å². The van der Waals surface area contributed by atoms with Crippen LogP contribution >= 0.6 is 15.9 Å². The SMILES string of the molecule is O=C1CCC(=O)c2c(F)c(F)cc(Br)c21. The quantitative estimate of drug-likeness (QED) is 0.682. The molecule has 0 fully saturated rings. The number of ketones is 2. The third-order valence-corrected chi connectivity index (χ3v) is 2.93. The van der Waals surface area contributed by atoms with Crippen molar-refractivity contribution >= 4 is 27.5 Å². The van der Waals surface area contributed by atoms with Crippen LogP contribution < -0.4 is 0 Å². The van der Waals surface area contributed by atoms with Crippen LogP contribution in [0.3, 0.4) is 0 Å². The molecule has 0 bridgehead atoms. The molecule has 78 valence electrons. The Hall–Kier alpha value is -1.10. The minimum atomic E-state index is -1.23. The van der Waals surface area contributed by atoms with Gasteiger partial charge < -0.3 is 0 Å². The molecule has 0 saturated heterocycles. The largest absolute Gasteiger partial charge is 0.294 e. The number of carbonyl (C=O) groups excluding carboxylic acids is 2. The molecule has 1 aliphatic carbocycles. The summed E-state index contributed by atoms with van der Waals surface area (Å²) >= 11 is 2.96. The highest BCUT2D eigenvalue weighted by Crippen LogP contribution is 2.31. The Morgan fingerprint density at radius 1 is 1.07 bits per heavy atom. The summed E-state index contributed by atoms with van der Waals surface area (Å²) in [6.07, 6.45) is -0.00580. The van der Waals surface area contributed by atoms with Crippen molar-refractivity contribution in [3.63, 3.8) is 0 Å². The first kappa shape index (κ1) is 10.4. The van der Waals surface area contributed by atoms with Gasteiger partial charge in [0.25, 0.3) is 0 Å². The lowest BCUT2D eigenvalue weighted by atomic mass is 9.89. The maximum absolute atomic E-state index is 13.3. The van der Waals surface area contributed by atoms with E-state index in [0.717, 1.165) is 6.07 Å². The number of rotatable bonds is 0. The Morgan fingerprint density at radius 3 is 2.20 bits per heavy atom. The number of benzene rings is 1. The second kappa shape index (κ2) is 3.48. The number of hydrogen-bond acceptors (Lipinski definition) is 2. The molecule has 1 aromatic carbocycles. The molecule has 2 rings (SSSR count). The smallest absolute Gasteiger partial charge is 0.170 e. The molecule has 0 atom stereocenters. The van der Waals surface area contributed by atoms with Crippen molar-refractivity contribution in [1.82, 2.24) is 0 Å². The Morgan fingerprint density at radius 2 is 1.60 bits per heavy atom. The van der Waals surface area contributed by atoms with Crippen LogP contribution in [0.15, 0.2) is 10.5 Å². The average Bonchev–Trinajstić information content (AvgIpc) is 2.18. The van der Waals surface area contributed by atoms with E-state index in [1.165, 1.54) is 0 Å². The molecule has 0 unspecified atom stereocenters. The average molecular weight is 275 g/mol. The Kier molecular flexibility index (Phi) is 2.42. The highest BCUT2D eigenvalue weighted by atomic mass is 79.9. The molecule has 5 heteroatoms. The molecule has 2 nitrogen and oxygen atoms in total. The van der Waals surface area contributed by atoms with Crippen molar-refractivity contribution in [2.45, 2.75) is 12.8 Å². The third-order valence-electron chi connectivity index (χ3n) is 2.31. The van der Waals surface area contributed by atoms with E-state index in [1.807, 2.05) is 0 Å². The zero-order valence-corrected chi connectivity index (χ0v) is 9.03. The third kappa shape index (κ3) is 1.51. The van der Waals surface area contributed by atoms with E-state index in [0.29, 0.717) is 0 Å². The molecule has 1 aromatic rings. The van der Waals surface area contributed by atoms with Crippen LogP contribution in [0.5, 0.6) is 0 Å². The normalized spacial score (nSPS) is 15.4. The molecular weight excluding hydrogens is 270 g/mol. The van der Waals surface area contributed by atoms with Crippen molar-refractivity contribution in [2.24, 2.45) is 0 Å². The summed E-state index contributed by atoms with van der Waals surface area (Å²) in [6.45, 7) is 0. The molecule has 15 heavy (non-hydrogen) atoms. The van der Waals surface area contributed by atoms with E-state index in [4.69, 9.17) is 0 Å². The van der Waals surface area contributed by atoms with Gasteiger partial charge in [-0.1, -0.05) is 0 Å². The summed E-state index contributed by atoms with van der Waals surface area (Å²) in [6, 6.07) is 0.866. The minimum Gasteiger partial charge on any atom is -0.294 e. The predicted molar refractivity (Wildman–Crippen MR) is 52.0 cm³/mol. The Bertz CT molecular complexity index is 483.